The molecule has 0 spiro atoms. The number of aryl methyl sites for hydroxylation is 1. The summed E-state index contributed by atoms with van der Waals surface area (Å²) in [6.45, 7) is -0.861. The van der Waals surface area contributed by atoms with Crippen molar-refractivity contribution in [1.29, 1.82) is 0 Å². The van der Waals surface area contributed by atoms with Gasteiger partial charge in [0.15, 0.2) is 12.3 Å². The zero-order valence-corrected chi connectivity index (χ0v) is 10.1. The van der Waals surface area contributed by atoms with Crippen molar-refractivity contribution >= 4 is 22.9 Å². The maximum atomic E-state index is 12.0. The molecule has 2 rings (SSSR count). The molecule has 19 heavy (non-hydrogen) atoms. The molecule has 1 amide bonds. The fourth-order valence-corrected chi connectivity index (χ4v) is 1.52. The summed E-state index contributed by atoms with van der Waals surface area (Å²) in [4.78, 5) is 37.8. The first-order valence-electron chi connectivity index (χ1n) is 5.30. The van der Waals surface area contributed by atoms with Crippen LogP contribution < -0.4 is 11.3 Å². The summed E-state index contributed by atoms with van der Waals surface area (Å²) in [5, 5.41) is 4.20. The van der Waals surface area contributed by atoms with E-state index in [0.717, 1.165) is 4.57 Å². The lowest BCUT2D eigenvalue weighted by atomic mass is 10.4. The molecule has 0 atom stereocenters. The highest BCUT2D eigenvalue weighted by Gasteiger charge is 2.11. The zero-order chi connectivity index (χ0) is 14.0. The van der Waals surface area contributed by atoms with Gasteiger partial charge >= 0.3 is 5.97 Å². The maximum absolute atomic E-state index is 12.0. The average molecular weight is 265 g/mol. The number of carbonyl (C=O) groups excluding carboxylic acids is 2. The Kier molecular flexibility index (Phi) is 3.27. The van der Waals surface area contributed by atoms with Crippen LogP contribution in [0, 0.1) is 0 Å². The monoisotopic (exact) mass is 265 g/mol. The number of nitrogens with two attached hydrogens (primary N) is 1. The van der Waals surface area contributed by atoms with Crippen molar-refractivity contribution in [2.75, 3.05) is 6.61 Å². The second-order valence-electron chi connectivity index (χ2n) is 3.81. The number of nitrogens with zero attached hydrogens (tertiary/aromatic N) is 4. The Labute approximate surface area is 106 Å². The fraction of sp³-hybridized carbons (Fsp3) is 0.300. The van der Waals surface area contributed by atoms with Crippen LogP contribution in [0.1, 0.15) is 0 Å². The quantitative estimate of drug-likeness (QED) is 0.648. The molecular weight excluding hydrogens is 254 g/mol. The highest BCUT2D eigenvalue weighted by Crippen LogP contribution is 2.02. The van der Waals surface area contributed by atoms with Gasteiger partial charge in [-0.25, -0.2) is 4.98 Å². The van der Waals surface area contributed by atoms with Gasteiger partial charge in [0.2, 0.25) is 0 Å². The number of hydrogen-bond donors (Lipinski definition) is 1. The SMILES string of the molecule is Cn1ncc2c(=O)n(CC(=O)OCC(N)=O)cnc21. The van der Waals surface area contributed by atoms with Crippen molar-refractivity contribution in [3.05, 3.63) is 22.9 Å². The van der Waals surface area contributed by atoms with Crippen molar-refractivity contribution < 1.29 is 14.3 Å². The number of esters is 1. The smallest absolute Gasteiger partial charge is 0.326 e. The highest BCUT2D eigenvalue weighted by atomic mass is 16.5. The number of primary amides is 1. The van der Waals surface area contributed by atoms with E-state index >= 15 is 0 Å². The zero-order valence-electron chi connectivity index (χ0n) is 10.1. The molecule has 0 aliphatic rings. The van der Waals surface area contributed by atoms with E-state index in [4.69, 9.17) is 5.73 Å². The lowest BCUT2D eigenvalue weighted by molar-refractivity contribution is -0.148. The predicted molar refractivity (Wildman–Crippen MR) is 62.9 cm³/mol. The van der Waals surface area contributed by atoms with Crippen LogP contribution in [0.2, 0.25) is 0 Å². The second kappa shape index (κ2) is 4.88. The molecule has 0 radical (unpaired) electrons. The topological polar surface area (TPSA) is 122 Å². The van der Waals surface area contributed by atoms with Crippen LogP contribution in [0.5, 0.6) is 0 Å². The molecule has 2 aromatic heterocycles. The number of rotatable bonds is 4. The molecule has 2 heterocycles. The van der Waals surface area contributed by atoms with E-state index < -0.39 is 24.0 Å². The lowest BCUT2D eigenvalue weighted by Gasteiger charge is -2.05. The Morgan fingerprint density at radius 3 is 2.89 bits per heavy atom. The van der Waals surface area contributed by atoms with E-state index in [1.165, 1.54) is 17.2 Å². The van der Waals surface area contributed by atoms with E-state index in [2.05, 4.69) is 14.8 Å². The molecule has 9 nitrogen and oxygen atoms in total. The summed E-state index contributed by atoms with van der Waals surface area (Å²) >= 11 is 0. The lowest BCUT2D eigenvalue weighted by Crippen LogP contribution is -2.28. The Morgan fingerprint density at radius 1 is 1.47 bits per heavy atom. The van der Waals surface area contributed by atoms with Crippen LogP contribution in [0.25, 0.3) is 11.0 Å². The van der Waals surface area contributed by atoms with Crippen molar-refractivity contribution in [2.24, 2.45) is 12.8 Å². The Morgan fingerprint density at radius 2 is 2.21 bits per heavy atom. The highest BCUT2D eigenvalue weighted by molar-refractivity contribution is 5.79. The summed E-state index contributed by atoms with van der Waals surface area (Å²) < 4.78 is 7.09. The summed E-state index contributed by atoms with van der Waals surface area (Å²) in [6.07, 6.45) is 2.59. The first-order valence-corrected chi connectivity index (χ1v) is 5.30. The van der Waals surface area contributed by atoms with Crippen LogP contribution in [0.3, 0.4) is 0 Å². The van der Waals surface area contributed by atoms with Crippen LogP contribution >= 0.6 is 0 Å². The van der Waals surface area contributed by atoms with Crippen LogP contribution in [0.15, 0.2) is 17.3 Å². The molecule has 0 aromatic carbocycles. The van der Waals surface area contributed by atoms with Crippen molar-refractivity contribution in [3.8, 4) is 0 Å². The number of amides is 1. The van der Waals surface area contributed by atoms with Gasteiger partial charge < -0.3 is 10.5 Å². The van der Waals surface area contributed by atoms with Crippen LogP contribution in [0.4, 0.5) is 0 Å². The molecule has 0 saturated heterocycles. The first kappa shape index (κ1) is 12.7. The second-order valence-corrected chi connectivity index (χ2v) is 3.81. The van der Waals surface area contributed by atoms with Gasteiger partial charge in [0, 0.05) is 7.05 Å². The average Bonchev–Trinajstić information content (AvgIpc) is 2.73. The van der Waals surface area contributed by atoms with Gasteiger partial charge in [0.25, 0.3) is 11.5 Å². The number of aromatic nitrogens is 4. The third kappa shape index (κ3) is 2.59. The molecule has 0 unspecified atom stereocenters. The fourth-order valence-electron chi connectivity index (χ4n) is 1.52. The summed E-state index contributed by atoms with van der Waals surface area (Å²) in [6, 6.07) is 0. The van der Waals surface area contributed by atoms with Gasteiger partial charge in [-0.2, -0.15) is 5.10 Å². The molecule has 2 N–H and O–H groups in total. The largest absolute Gasteiger partial charge is 0.454 e. The minimum absolute atomic E-state index is 0.299. The van der Waals surface area contributed by atoms with Crippen molar-refractivity contribution in [2.45, 2.75) is 6.54 Å². The standard InChI is InChI=1S/C10H11N5O4/c1-14-9-6(2-13-14)10(18)15(5-12-9)3-8(17)19-4-7(11)16/h2,5H,3-4H2,1H3,(H2,11,16). The van der Waals surface area contributed by atoms with Gasteiger partial charge in [-0.3, -0.25) is 23.6 Å². The van der Waals surface area contributed by atoms with E-state index in [0.29, 0.717) is 11.0 Å². The van der Waals surface area contributed by atoms with Crippen LogP contribution in [-0.2, 0) is 27.9 Å². The van der Waals surface area contributed by atoms with E-state index in [1.54, 1.807) is 7.05 Å². The van der Waals surface area contributed by atoms with Gasteiger partial charge in [-0.15, -0.1) is 0 Å². The molecule has 0 aliphatic heterocycles. The molecule has 0 bridgehead atoms. The first-order chi connectivity index (χ1) is 8.99. The maximum Gasteiger partial charge on any atom is 0.326 e. The van der Waals surface area contributed by atoms with Crippen molar-refractivity contribution in [3.63, 3.8) is 0 Å². The van der Waals surface area contributed by atoms with Gasteiger partial charge in [0.1, 0.15) is 18.3 Å². The molecule has 100 valence electrons. The number of ether oxygens (including phenoxy) is 1. The minimum atomic E-state index is -0.762. The molecule has 0 aliphatic carbocycles. The van der Waals surface area contributed by atoms with Crippen LogP contribution in [-0.4, -0.2) is 37.8 Å². The summed E-state index contributed by atoms with van der Waals surface area (Å²) in [7, 11) is 1.65. The molecule has 9 heteroatoms. The number of hydrogen-bond acceptors (Lipinski definition) is 6. The van der Waals surface area contributed by atoms with Gasteiger partial charge in [-0.05, 0) is 0 Å². The number of fused-ring (bicyclic) bond motifs is 1. The predicted octanol–water partition coefficient (Wildman–Crippen LogP) is -1.84. The Hall–Kier alpha value is -2.71. The minimum Gasteiger partial charge on any atom is -0.454 e. The molecule has 0 fully saturated rings. The summed E-state index contributed by atoms with van der Waals surface area (Å²) in [5.74, 6) is -1.51. The summed E-state index contributed by atoms with van der Waals surface area (Å²) in [5.41, 5.74) is 4.85. The van der Waals surface area contributed by atoms with Gasteiger partial charge in [-0.1, -0.05) is 0 Å². The number of carbonyl (C=O) groups is 2. The van der Waals surface area contributed by atoms with E-state index in [-0.39, 0.29) is 6.54 Å². The van der Waals surface area contributed by atoms with E-state index in [9.17, 15) is 14.4 Å². The third-order valence-electron chi connectivity index (χ3n) is 2.39. The van der Waals surface area contributed by atoms with Gasteiger partial charge in [0.05, 0.1) is 6.20 Å². The Bertz CT molecular complexity index is 701. The molecule has 0 saturated carbocycles. The van der Waals surface area contributed by atoms with E-state index in [1.807, 2.05) is 0 Å². The third-order valence-corrected chi connectivity index (χ3v) is 2.39. The molecular formula is C10H11N5O4. The normalized spacial score (nSPS) is 10.6. The van der Waals surface area contributed by atoms with Crippen molar-refractivity contribution in [1.82, 2.24) is 19.3 Å². The molecule has 2 aromatic rings. The Balaban J connectivity index is 2.22.